The molecule has 0 fully saturated rings. The summed E-state index contributed by atoms with van der Waals surface area (Å²) in [7, 11) is 0. The van der Waals surface area contributed by atoms with Crippen molar-refractivity contribution in [2.75, 3.05) is 6.50 Å². The molecule has 4 aromatic rings. The molecular weight excluding hydrogens is 395 g/mol. The van der Waals surface area contributed by atoms with Crippen molar-refractivity contribution in [2.45, 2.75) is 12.6 Å². The highest BCUT2D eigenvalue weighted by molar-refractivity contribution is 6.42. The molecule has 0 aliphatic heterocycles. The maximum absolute atomic E-state index is 8.58. The molecule has 0 bridgehead atoms. The molecule has 0 saturated heterocycles. The SMILES string of the molecule is [2H]OC([2H])(c1ccc(Cl)c(Cl)c1)C([2H])([2H])N([2H])C([2H])([2H])c1cccc(-c2ccc3ncnn3c2)c1. The zero-order valence-corrected chi connectivity index (χ0v) is 15.8. The Morgan fingerprint density at radius 2 is 2.11 bits per heavy atom. The van der Waals surface area contributed by atoms with Crippen LogP contribution < -0.4 is 5.31 Å². The Labute approximate surface area is 182 Å². The number of nitrogens with one attached hydrogen (secondary N) is 1. The fraction of sp³-hybridized carbons (Fsp3) is 0.143. The third-order valence-electron chi connectivity index (χ3n) is 3.99. The van der Waals surface area contributed by atoms with Crippen LogP contribution in [0.5, 0.6) is 0 Å². The Morgan fingerprint density at radius 3 is 2.96 bits per heavy atom. The minimum atomic E-state index is -3.16. The predicted molar refractivity (Wildman–Crippen MR) is 112 cm³/mol. The molecule has 28 heavy (non-hydrogen) atoms. The fourth-order valence-corrected chi connectivity index (χ4v) is 2.90. The van der Waals surface area contributed by atoms with Gasteiger partial charge in [0.25, 0.3) is 0 Å². The van der Waals surface area contributed by atoms with Crippen molar-refractivity contribution in [3.8, 4) is 11.1 Å². The van der Waals surface area contributed by atoms with Crippen LogP contribution in [0.4, 0.5) is 0 Å². The summed E-state index contributed by atoms with van der Waals surface area (Å²) >= 11 is 11.9. The number of halogens is 2. The number of rotatable bonds is 7. The predicted octanol–water partition coefficient (Wildman–Crippen LogP) is 4.53. The van der Waals surface area contributed by atoms with E-state index >= 15 is 0 Å². The molecular formula is C21H18Cl2N4O. The van der Waals surface area contributed by atoms with Crippen molar-refractivity contribution < 1.29 is 13.4 Å². The first-order chi connectivity index (χ1) is 16.4. The second kappa shape index (κ2) is 8.29. The first kappa shape index (κ1) is 12.2. The molecule has 142 valence electrons. The molecule has 0 aliphatic rings. The van der Waals surface area contributed by atoms with Gasteiger partial charge in [-0.25, -0.2) is 9.50 Å². The number of aliphatic hydroxyl groups is 1. The van der Waals surface area contributed by atoms with Gasteiger partial charge in [0.05, 0.1) is 17.5 Å². The number of aromatic nitrogens is 3. The molecule has 5 nitrogen and oxygen atoms in total. The first-order valence-electron chi connectivity index (χ1n) is 11.6. The van der Waals surface area contributed by atoms with E-state index in [4.69, 9.17) is 32.9 Å². The topological polar surface area (TPSA) is 62.5 Å². The van der Waals surface area contributed by atoms with Gasteiger partial charge < -0.3 is 10.4 Å². The molecule has 2 heterocycles. The Kier molecular flexibility index (Phi) is 3.61. The lowest BCUT2D eigenvalue weighted by Gasteiger charge is -2.13. The summed E-state index contributed by atoms with van der Waals surface area (Å²) in [5.74, 6) is 0. The number of benzene rings is 2. The largest absolute Gasteiger partial charge is 0.387 e. The third kappa shape index (κ3) is 4.18. The van der Waals surface area contributed by atoms with Crippen molar-refractivity contribution in [1.29, 1.82) is 1.43 Å². The first-order valence-corrected chi connectivity index (χ1v) is 8.97. The highest BCUT2D eigenvalue weighted by Gasteiger charge is 2.09. The summed E-state index contributed by atoms with van der Waals surface area (Å²) in [6, 6.07) is 13.4. The minimum absolute atomic E-state index is 0.00904. The molecule has 4 rings (SSSR count). The Balaban J connectivity index is 1.72. The van der Waals surface area contributed by atoms with Gasteiger partial charge in [0.1, 0.15) is 7.74 Å². The monoisotopic (exact) mass is 419 g/mol. The van der Waals surface area contributed by atoms with E-state index in [1.165, 1.54) is 30.6 Å². The van der Waals surface area contributed by atoms with Gasteiger partial charge in [-0.1, -0.05) is 47.5 Å². The lowest BCUT2D eigenvalue weighted by Crippen LogP contribution is -2.21. The van der Waals surface area contributed by atoms with Crippen LogP contribution in [0, 0.1) is 0 Å². The average molecular weight is 420 g/mol. The number of hydrogen-bond acceptors (Lipinski definition) is 4. The molecule has 7 heteroatoms. The molecule has 0 aliphatic carbocycles. The van der Waals surface area contributed by atoms with E-state index in [2.05, 4.69) is 15.2 Å². The fourth-order valence-electron chi connectivity index (χ4n) is 2.60. The molecule has 0 spiro atoms. The molecule has 0 saturated carbocycles. The Morgan fingerprint density at radius 1 is 1.18 bits per heavy atom. The normalized spacial score (nSPS) is 18.3. The lowest BCUT2D eigenvalue weighted by molar-refractivity contribution is 0.174. The quantitative estimate of drug-likeness (QED) is 0.461. The highest BCUT2D eigenvalue weighted by Crippen LogP contribution is 2.25. The van der Waals surface area contributed by atoms with E-state index in [1.54, 1.807) is 35.0 Å². The Bertz CT molecular complexity index is 1390. The van der Waals surface area contributed by atoms with Gasteiger partial charge in [-0.15, -0.1) is 0 Å². The molecule has 0 radical (unpaired) electrons. The summed E-state index contributed by atoms with van der Waals surface area (Å²) in [5, 5.41) is 8.65. The van der Waals surface area contributed by atoms with Gasteiger partial charge in [-0.05, 0) is 47.0 Å². The van der Waals surface area contributed by atoms with Crippen molar-refractivity contribution in [2.24, 2.45) is 0 Å². The van der Waals surface area contributed by atoms with E-state index in [-0.39, 0.29) is 26.5 Å². The number of pyridine rings is 1. The molecule has 1 atom stereocenters. The van der Waals surface area contributed by atoms with Gasteiger partial charge in [-0.3, -0.25) is 0 Å². The summed E-state index contributed by atoms with van der Waals surface area (Å²) in [4.78, 5) is 4.08. The van der Waals surface area contributed by atoms with E-state index < -0.39 is 19.1 Å². The Hall–Kier alpha value is -2.44. The molecule has 2 aromatic carbocycles. The van der Waals surface area contributed by atoms with Gasteiger partial charge in [0.15, 0.2) is 5.65 Å². The zero-order valence-electron chi connectivity index (χ0n) is 21.3. The van der Waals surface area contributed by atoms with Crippen LogP contribution >= 0.6 is 23.2 Å². The van der Waals surface area contributed by atoms with Crippen molar-refractivity contribution in [3.05, 3.63) is 88.3 Å². The summed E-state index contributed by atoms with van der Waals surface area (Å²) in [6.07, 6.45) is 0.275. The second-order valence-corrected chi connectivity index (χ2v) is 6.67. The number of hydrogen-bond donors (Lipinski definition) is 2. The van der Waals surface area contributed by atoms with Crippen LogP contribution in [0.3, 0.4) is 0 Å². The molecule has 2 N–H and O–H groups in total. The standard InChI is InChI=1S/C21H18Cl2N4O/c22-18-6-4-16(9-19(18)23)20(28)11-24-10-14-2-1-3-15(8-14)17-5-7-21-25-13-26-27(21)12-17/h1-9,12-13,20,24,28H,10-11H2/i10D2,11D2,20D,28D/hD. The van der Waals surface area contributed by atoms with Gasteiger partial charge in [0.2, 0.25) is 1.43 Å². The summed E-state index contributed by atoms with van der Waals surface area (Å²) in [5.41, 5.74) is 1.66. The van der Waals surface area contributed by atoms with E-state index in [0.717, 1.165) is 6.07 Å². The highest BCUT2D eigenvalue weighted by atomic mass is 35.5. The number of nitrogens with zero attached hydrogens (tertiary/aromatic N) is 3. The molecule has 1 unspecified atom stereocenters. The average Bonchev–Trinajstić information content (AvgIpc) is 3.32. The third-order valence-corrected chi connectivity index (χ3v) is 4.73. The lowest BCUT2D eigenvalue weighted by atomic mass is 10.0. The van der Waals surface area contributed by atoms with Crippen LogP contribution in [0.25, 0.3) is 16.8 Å². The molecule has 2 aromatic heterocycles. The van der Waals surface area contributed by atoms with Crippen molar-refractivity contribution in [1.82, 2.24) is 19.9 Å². The van der Waals surface area contributed by atoms with E-state index in [1.807, 2.05) is 0 Å². The minimum Gasteiger partial charge on any atom is -0.387 e. The van der Waals surface area contributed by atoms with E-state index in [9.17, 15) is 0 Å². The number of fused-ring (bicyclic) bond motifs is 1. The van der Waals surface area contributed by atoms with Crippen molar-refractivity contribution >= 4 is 28.8 Å². The van der Waals surface area contributed by atoms with E-state index in [0.29, 0.717) is 16.8 Å². The zero-order chi connectivity index (χ0) is 25.6. The molecule has 0 amide bonds. The van der Waals surface area contributed by atoms with Gasteiger partial charge >= 0.3 is 0 Å². The van der Waals surface area contributed by atoms with Crippen LogP contribution in [0.15, 0.2) is 67.1 Å². The smallest absolute Gasteiger partial charge is 0.211 e. The van der Waals surface area contributed by atoms with Crippen LogP contribution in [-0.2, 0) is 6.50 Å². The van der Waals surface area contributed by atoms with Crippen LogP contribution in [0.1, 0.15) is 24.1 Å². The van der Waals surface area contributed by atoms with Crippen LogP contribution in [-0.4, -0.2) is 27.6 Å². The van der Waals surface area contributed by atoms with Crippen LogP contribution in [0.2, 0.25) is 11.5 Å². The second-order valence-electron chi connectivity index (χ2n) is 5.85. The van der Waals surface area contributed by atoms with Crippen molar-refractivity contribution in [3.63, 3.8) is 0 Å². The summed E-state index contributed by atoms with van der Waals surface area (Å²) < 4.78 is 60.1. The maximum Gasteiger partial charge on any atom is 0.211 e. The summed E-state index contributed by atoms with van der Waals surface area (Å²) in [6.45, 7) is -5.90. The van der Waals surface area contributed by atoms with Gasteiger partial charge in [0, 0.05) is 30.2 Å². The van der Waals surface area contributed by atoms with Gasteiger partial charge in [-0.2, -0.15) is 5.10 Å². The maximum atomic E-state index is 8.58.